The van der Waals surface area contributed by atoms with Gasteiger partial charge in [0.05, 0.1) is 18.2 Å². The second-order valence-corrected chi connectivity index (χ2v) is 4.14. The number of hydrogen-bond acceptors (Lipinski definition) is 4. The second kappa shape index (κ2) is 5.34. The summed E-state index contributed by atoms with van der Waals surface area (Å²) in [6, 6.07) is 3.59. The molecule has 0 amide bonds. The van der Waals surface area contributed by atoms with Crippen molar-refractivity contribution in [2.24, 2.45) is 5.90 Å². The highest BCUT2D eigenvalue weighted by atomic mass is 79.9. The van der Waals surface area contributed by atoms with E-state index in [1.54, 1.807) is 6.07 Å². The molecule has 1 unspecified atom stereocenters. The van der Waals surface area contributed by atoms with Crippen molar-refractivity contribution in [3.8, 4) is 11.5 Å². The van der Waals surface area contributed by atoms with Crippen LogP contribution >= 0.6 is 15.9 Å². The molecule has 0 spiro atoms. The molecule has 0 bridgehead atoms. The summed E-state index contributed by atoms with van der Waals surface area (Å²) in [7, 11) is 1.51. The Hall–Kier alpha value is -0.780. The molecule has 15 heavy (non-hydrogen) atoms. The maximum atomic E-state index is 9.61. The standard InChI is InChI=1S/C10H14BrNO3/c1-6(5-15-12)7-3-8(11)10(13)9(4-7)14-2/h3-4,6,13H,5,12H2,1-2H3. The van der Waals surface area contributed by atoms with E-state index in [0.29, 0.717) is 16.8 Å². The molecule has 84 valence electrons. The molecular formula is C10H14BrNO3. The summed E-state index contributed by atoms with van der Waals surface area (Å²) in [4.78, 5) is 4.58. The number of rotatable bonds is 4. The van der Waals surface area contributed by atoms with Gasteiger partial charge < -0.3 is 14.7 Å². The Morgan fingerprint density at radius 3 is 2.73 bits per heavy atom. The summed E-state index contributed by atoms with van der Waals surface area (Å²) >= 11 is 3.26. The summed E-state index contributed by atoms with van der Waals surface area (Å²) in [5.74, 6) is 5.69. The van der Waals surface area contributed by atoms with Gasteiger partial charge >= 0.3 is 0 Å². The number of phenolic OH excluding ortho intramolecular Hbond substituents is 1. The van der Waals surface area contributed by atoms with Crippen molar-refractivity contribution in [1.82, 2.24) is 0 Å². The maximum Gasteiger partial charge on any atom is 0.172 e. The van der Waals surface area contributed by atoms with Gasteiger partial charge in [0.25, 0.3) is 0 Å². The number of benzene rings is 1. The Morgan fingerprint density at radius 2 is 2.20 bits per heavy atom. The number of halogens is 1. The van der Waals surface area contributed by atoms with E-state index < -0.39 is 0 Å². The number of methoxy groups -OCH3 is 1. The zero-order valence-electron chi connectivity index (χ0n) is 8.66. The molecule has 1 aromatic rings. The molecule has 0 radical (unpaired) electrons. The van der Waals surface area contributed by atoms with Gasteiger partial charge in [-0.05, 0) is 33.6 Å². The average molecular weight is 276 g/mol. The molecule has 1 rings (SSSR count). The van der Waals surface area contributed by atoms with E-state index in [9.17, 15) is 5.11 Å². The molecule has 0 aromatic heterocycles. The molecule has 1 atom stereocenters. The highest BCUT2D eigenvalue weighted by molar-refractivity contribution is 9.10. The number of hydrogen-bond donors (Lipinski definition) is 2. The predicted octanol–water partition coefficient (Wildman–Crippen LogP) is 2.16. The van der Waals surface area contributed by atoms with Gasteiger partial charge in [0.2, 0.25) is 0 Å². The minimum absolute atomic E-state index is 0.0992. The van der Waals surface area contributed by atoms with Crippen molar-refractivity contribution >= 4 is 15.9 Å². The van der Waals surface area contributed by atoms with Crippen molar-refractivity contribution < 1.29 is 14.7 Å². The number of nitrogens with two attached hydrogens (primary N) is 1. The van der Waals surface area contributed by atoms with Crippen LogP contribution in [0.3, 0.4) is 0 Å². The first-order valence-corrected chi connectivity index (χ1v) is 5.27. The van der Waals surface area contributed by atoms with Crippen LogP contribution in [-0.4, -0.2) is 18.8 Å². The first-order valence-electron chi connectivity index (χ1n) is 4.48. The molecule has 0 saturated carbocycles. The zero-order chi connectivity index (χ0) is 11.4. The molecule has 4 nitrogen and oxygen atoms in total. The van der Waals surface area contributed by atoms with E-state index >= 15 is 0 Å². The van der Waals surface area contributed by atoms with Crippen LogP contribution in [0, 0.1) is 0 Å². The smallest absolute Gasteiger partial charge is 0.172 e. The van der Waals surface area contributed by atoms with Crippen molar-refractivity contribution in [2.75, 3.05) is 13.7 Å². The summed E-state index contributed by atoms with van der Waals surface area (Å²) in [6.07, 6.45) is 0. The topological polar surface area (TPSA) is 64.7 Å². The molecule has 0 heterocycles. The van der Waals surface area contributed by atoms with E-state index in [1.165, 1.54) is 7.11 Å². The van der Waals surface area contributed by atoms with Crippen molar-refractivity contribution in [2.45, 2.75) is 12.8 Å². The highest BCUT2D eigenvalue weighted by Crippen LogP contribution is 2.37. The minimum Gasteiger partial charge on any atom is -0.503 e. The second-order valence-electron chi connectivity index (χ2n) is 3.29. The van der Waals surface area contributed by atoms with Crippen LogP contribution in [0.1, 0.15) is 18.4 Å². The van der Waals surface area contributed by atoms with Crippen molar-refractivity contribution in [1.29, 1.82) is 0 Å². The van der Waals surface area contributed by atoms with E-state index in [4.69, 9.17) is 10.6 Å². The lowest BCUT2D eigenvalue weighted by atomic mass is 10.0. The van der Waals surface area contributed by atoms with Crippen LogP contribution in [0.4, 0.5) is 0 Å². The largest absolute Gasteiger partial charge is 0.503 e. The SMILES string of the molecule is COc1cc(C(C)CON)cc(Br)c1O. The maximum absolute atomic E-state index is 9.61. The Balaban J connectivity index is 3.05. The molecule has 0 saturated heterocycles. The zero-order valence-corrected chi connectivity index (χ0v) is 10.2. The van der Waals surface area contributed by atoms with Gasteiger partial charge in [0, 0.05) is 5.92 Å². The summed E-state index contributed by atoms with van der Waals surface area (Å²) in [5.41, 5.74) is 0.988. The summed E-state index contributed by atoms with van der Waals surface area (Å²) < 4.78 is 5.64. The fourth-order valence-electron chi connectivity index (χ4n) is 1.27. The van der Waals surface area contributed by atoms with Crippen LogP contribution in [0.25, 0.3) is 0 Å². The first kappa shape index (κ1) is 12.3. The third-order valence-corrected chi connectivity index (χ3v) is 2.79. The molecule has 3 N–H and O–H groups in total. The van der Waals surface area contributed by atoms with Crippen LogP contribution < -0.4 is 10.6 Å². The van der Waals surface area contributed by atoms with Crippen molar-refractivity contribution in [3.63, 3.8) is 0 Å². The Labute approximate surface area is 97.1 Å². The first-order chi connectivity index (χ1) is 7.10. The molecular weight excluding hydrogens is 262 g/mol. The lowest BCUT2D eigenvalue weighted by Gasteiger charge is -2.13. The fraction of sp³-hybridized carbons (Fsp3) is 0.400. The van der Waals surface area contributed by atoms with Gasteiger partial charge in [0.15, 0.2) is 11.5 Å². The van der Waals surface area contributed by atoms with E-state index in [2.05, 4.69) is 20.8 Å². The molecule has 0 fully saturated rings. The summed E-state index contributed by atoms with van der Waals surface area (Å²) in [6.45, 7) is 2.39. The Morgan fingerprint density at radius 1 is 1.53 bits per heavy atom. The van der Waals surface area contributed by atoms with Crippen molar-refractivity contribution in [3.05, 3.63) is 22.2 Å². The van der Waals surface area contributed by atoms with Gasteiger partial charge in [-0.25, -0.2) is 5.90 Å². The molecule has 0 aliphatic carbocycles. The minimum atomic E-state index is 0.0992. The summed E-state index contributed by atoms with van der Waals surface area (Å²) in [5, 5.41) is 9.61. The van der Waals surface area contributed by atoms with E-state index in [-0.39, 0.29) is 11.7 Å². The number of ether oxygens (including phenoxy) is 1. The average Bonchev–Trinajstić information content (AvgIpc) is 2.22. The van der Waals surface area contributed by atoms with Gasteiger partial charge in [-0.2, -0.15) is 0 Å². The van der Waals surface area contributed by atoms with Crippen LogP contribution in [0.2, 0.25) is 0 Å². The fourth-order valence-corrected chi connectivity index (χ4v) is 1.73. The normalized spacial score (nSPS) is 12.5. The lowest BCUT2D eigenvalue weighted by molar-refractivity contribution is 0.126. The van der Waals surface area contributed by atoms with E-state index in [0.717, 1.165) is 5.56 Å². The van der Waals surface area contributed by atoms with E-state index in [1.807, 2.05) is 13.0 Å². The molecule has 1 aromatic carbocycles. The van der Waals surface area contributed by atoms with Crippen LogP contribution in [-0.2, 0) is 4.84 Å². The lowest BCUT2D eigenvalue weighted by Crippen LogP contribution is -2.08. The van der Waals surface area contributed by atoms with Gasteiger partial charge in [-0.1, -0.05) is 6.92 Å². The number of aromatic hydroxyl groups is 1. The predicted molar refractivity (Wildman–Crippen MR) is 60.9 cm³/mol. The van der Waals surface area contributed by atoms with Crippen LogP contribution in [0.5, 0.6) is 11.5 Å². The molecule has 5 heteroatoms. The molecule has 0 aliphatic heterocycles. The van der Waals surface area contributed by atoms with Gasteiger partial charge in [-0.15, -0.1) is 0 Å². The number of phenols is 1. The monoisotopic (exact) mass is 275 g/mol. The third-order valence-electron chi connectivity index (χ3n) is 2.19. The quantitative estimate of drug-likeness (QED) is 0.827. The molecule has 0 aliphatic rings. The van der Waals surface area contributed by atoms with Gasteiger partial charge in [0.1, 0.15) is 0 Å². The Bertz CT molecular complexity index is 344. The highest BCUT2D eigenvalue weighted by Gasteiger charge is 2.12. The van der Waals surface area contributed by atoms with Gasteiger partial charge in [-0.3, -0.25) is 0 Å². The Kier molecular flexibility index (Phi) is 4.38. The van der Waals surface area contributed by atoms with Crippen LogP contribution in [0.15, 0.2) is 16.6 Å². The third kappa shape index (κ3) is 2.84.